The van der Waals surface area contributed by atoms with Crippen LogP contribution in [0.15, 0.2) is 18.2 Å². The number of ether oxygens (including phenoxy) is 3. The van der Waals surface area contributed by atoms with Crippen molar-refractivity contribution in [2.45, 2.75) is 39.3 Å². The third-order valence-electron chi connectivity index (χ3n) is 3.06. The van der Waals surface area contributed by atoms with Gasteiger partial charge in [0, 0.05) is 11.8 Å². The smallest absolute Gasteiger partial charge is 0.407 e. The standard InChI is InChI=1S/C17H25N3O6/c1-11(18-16(22)26-17(2,3)4)10-25-20-15(21)19-12-5-6-13-14(9-12)24-8-7-23-13/h5-6,9,11H,7-8,10H2,1-4H3,(H,18,22)(H2,19,20,21)/t11-/m0/s1. The van der Waals surface area contributed by atoms with Gasteiger partial charge in [0.15, 0.2) is 11.5 Å². The summed E-state index contributed by atoms with van der Waals surface area (Å²) in [6.07, 6.45) is -0.547. The highest BCUT2D eigenvalue weighted by atomic mass is 16.7. The maximum atomic E-state index is 11.8. The maximum absolute atomic E-state index is 11.8. The predicted molar refractivity (Wildman–Crippen MR) is 94.4 cm³/mol. The number of hydrogen-bond donors (Lipinski definition) is 3. The van der Waals surface area contributed by atoms with E-state index >= 15 is 0 Å². The van der Waals surface area contributed by atoms with Gasteiger partial charge in [0.2, 0.25) is 0 Å². The van der Waals surface area contributed by atoms with Crippen molar-refractivity contribution in [1.29, 1.82) is 0 Å². The fraction of sp³-hybridized carbons (Fsp3) is 0.529. The number of carbonyl (C=O) groups excluding carboxylic acids is 2. The first kappa shape index (κ1) is 19.6. The predicted octanol–water partition coefficient (Wildman–Crippen LogP) is 2.42. The molecule has 1 aromatic carbocycles. The van der Waals surface area contributed by atoms with Crippen molar-refractivity contribution in [1.82, 2.24) is 10.8 Å². The fourth-order valence-electron chi connectivity index (χ4n) is 2.06. The molecule has 0 fully saturated rings. The molecule has 0 bridgehead atoms. The van der Waals surface area contributed by atoms with Crippen molar-refractivity contribution >= 4 is 17.8 Å². The van der Waals surface area contributed by atoms with Gasteiger partial charge in [-0.05, 0) is 39.8 Å². The quantitative estimate of drug-likeness (QED) is 0.690. The zero-order valence-electron chi connectivity index (χ0n) is 15.4. The maximum Gasteiger partial charge on any atom is 0.407 e. The number of anilines is 1. The van der Waals surface area contributed by atoms with Crippen molar-refractivity contribution in [3.8, 4) is 11.5 Å². The Hall–Kier alpha value is -2.68. The second-order valence-electron chi connectivity index (χ2n) is 6.77. The van der Waals surface area contributed by atoms with Crippen LogP contribution >= 0.6 is 0 Å². The van der Waals surface area contributed by atoms with Crippen LogP contribution in [-0.2, 0) is 9.57 Å². The Morgan fingerprint density at radius 3 is 2.58 bits per heavy atom. The first-order chi connectivity index (χ1) is 12.2. The van der Waals surface area contributed by atoms with Gasteiger partial charge in [0.05, 0.1) is 12.6 Å². The Labute approximate surface area is 152 Å². The normalized spacial score (nSPS) is 14.2. The molecule has 2 rings (SSSR count). The van der Waals surface area contributed by atoms with Gasteiger partial charge in [0.1, 0.15) is 18.8 Å². The van der Waals surface area contributed by atoms with Crippen LogP contribution in [0.3, 0.4) is 0 Å². The molecule has 1 atom stereocenters. The highest BCUT2D eigenvalue weighted by Gasteiger charge is 2.18. The van der Waals surface area contributed by atoms with E-state index in [0.29, 0.717) is 30.4 Å². The molecule has 0 spiro atoms. The molecule has 1 aromatic rings. The number of nitrogens with one attached hydrogen (secondary N) is 3. The molecule has 0 saturated carbocycles. The molecule has 0 aliphatic carbocycles. The van der Waals surface area contributed by atoms with Crippen molar-refractivity contribution in [2.24, 2.45) is 0 Å². The lowest BCUT2D eigenvalue weighted by Crippen LogP contribution is -2.41. The summed E-state index contributed by atoms with van der Waals surface area (Å²) in [5, 5.41) is 5.22. The molecule has 26 heavy (non-hydrogen) atoms. The van der Waals surface area contributed by atoms with Crippen LogP contribution in [0.1, 0.15) is 27.7 Å². The second-order valence-corrected chi connectivity index (χ2v) is 6.77. The van der Waals surface area contributed by atoms with Crippen molar-refractivity contribution in [2.75, 3.05) is 25.1 Å². The van der Waals surface area contributed by atoms with Crippen molar-refractivity contribution in [3.63, 3.8) is 0 Å². The monoisotopic (exact) mass is 367 g/mol. The fourth-order valence-corrected chi connectivity index (χ4v) is 2.06. The van der Waals surface area contributed by atoms with Gasteiger partial charge in [-0.15, -0.1) is 0 Å². The number of hydrogen-bond acceptors (Lipinski definition) is 6. The lowest BCUT2D eigenvalue weighted by molar-refractivity contribution is 0.0343. The molecular formula is C17H25N3O6. The zero-order valence-corrected chi connectivity index (χ0v) is 15.4. The van der Waals surface area contributed by atoms with Crippen LogP contribution in [0.25, 0.3) is 0 Å². The third kappa shape index (κ3) is 6.67. The minimum absolute atomic E-state index is 0.0772. The molecule has 1 aliphatic heterocycles. The molecule has 1 aliphatic rings. The number of rotatable bonds is 5. The van der Waals surface area contributed by atoms with Crippen molar-refractivity contribution < 1.29 is 28.6 Å². The van der Waals surface area contributed by atoms with Gasteiger partial charge in [0.25, 0.3) is 0 Å². The summed E-state index contributed by atoms with van der Waals surface area (Å²) in [7, 11) is 0. The van der Waals surface area contributed by atoms with E-state index in [0.717, 1.165) is 0 Å². The van der Waals surface area contributed by atoms with Crippen LogP contribution in [-0.4, -0.2) is 43.6 Å². The van der Waals surface area contributed by atoms with Gasteiger partial charge in [-0.3, -0.25) is 4.84 Å². The van der Waals surface area contributed by atoms with E-state index in [1.807, 2.05) is 0 Å². The molecule has 0 aromatic heterocycles. The van der Waals surface area contributed by atoms with Crippen LogP contribution in [0.4, 0.5) is 15.3 Å². The van der Waals surface area contributed by atoms with Gasteiger partial charge in [-0.25, -0.2) is 15.1 Å². The number of fused-ring (bicyclic) bond motifs is 1. The lowest BCUT2D eigenvalue weighted by atomic mass is 10.2. The molecule has 9 nitrogen and oxygen atoms in total. The summed E-state index contributed by atoms with van der Waals surface area (Å²) in [6.45, 7) is 8.10. The average Bonchev–Trinajstić information content (AvgIpc) is 2.52. The summed E-state index contributed by atoms with van der Waals surface area (Å²) < 4.78 is 16.0. The van der Waals surface area contributed by atoms with Crippen molar-refractivity contribution in [3.05, 3.63) is 18.2 Å². The third-order valence-corrected chi connectivity index (χ3v) is 3.06. The second kappa shape index (κ2) is 8.61. The van der Waals surface area contributed by atoms with Crippen LogP contribution in [0.5, 0.6) is 11.5 Å². The lowest BCUT2D eigenvalue weighted by Gasteiger charge is -2.21. The topological polar surface area (TPSA) is 107 Å². The van der Waals surface area contributed by atoms with E-state index < -0.39 is 17.7 Å². The first-order valence-corrected chi connectivity index (χ1v) is 8.31. The summed E-state index contributed by atoms with van der Waals surface area (Å²) in [6, 6.07) is 4.18. The van der Waals surface area contributed by atoms with E-state index in [9.17, 15) is 9.59 Å². The molecule has 0 saturated heterocycles. The summed E-state index contributed by atoms with van der Waals surface area (Å²) >= 11 is 0. The van der Waals surface area contributed by atoms with Crippen LogP contribution in [0.2, 0.25) is 0 Å². The number of alkyl carbamates (subject to hydrolysis) is 1. The average molecular weight is 367 g/mol. The SMILES string of the molecule is C[C@@H](CONC(=O)Nc1ccc2c(c1)OCCO2)NC(=O)OC(C)(C)C. The van der Waals surface area contributed by atoms with E-state index in [4.69, 9.17) is 19.0 Å². The number of carbonyl (C=O) groups is 2. The number of benzene rings is 1. The number of hydroxylamine groups is 1. The molecule has 3 N–H and O–H groups in total. The molecular weight excluding hydrogens is 342 g/mol. The van der Waals surface area contributed by atoms with Gasteiger partial charge >= 0.3 is 12.1 Å². The summed E-state index contributed by atoms with van der Waals surface area (Å²) in [5.74, 6) is 1.21. The molecule has 0 radical (unpaired) electrons. The summed E-state index contributed by atoms with van der Waals surface area (Å²) in [5.41, 5.74) is 2.21. The minimum atomic E-state index is -0.577. The van der Waals surface area contributed by atoms with Gasteiger partial charge < -0.3 is 24.8 Å². The molecule has 9 heteroatoms. The zero-order chi connectivity index (χ0) is 19.2. The molecule has 1 heterocycles. The first-order valence-electron chi connectivity index (χ1n) is 8.31. The Morgan fingerprint density at radius 2 is 1.88 bits per heavy atom. The Morgan fingerprint density at radius 1 is 1.19 bits per heavy atom. The highest BCUT2D eigenvalue weighted by Crippen LogP contribution is 2.32. The number of amides is 3. The molecule has 3 amide bonds. The van der Waals surface area contributed by atoms with Gasteiger partial charge in [-0.1, -0.05) is 0 Å². The Bertz CT molecular complexity index is 644. The number of urea groups is 1. The van der Waals surface area contributed by atoms with E-state index in [2.05, 4.69) is 16.1 Å². The minimum Gasteiger partial charge on any atom is -0.486 e. The van der Waals surface area contributed by atoms with Crippen LogP contribution < -0.4 is 25.6 Å². The van der Waals surface area contributed by atoms with E-state index in [1.165, 1.54) is 0 Å². The molecule has 144 valence electrons. The largest absolute Gasteiger partial charge is 0.486 e. The molecule has 0 unspecified atom stereocenters. The Kier molecular flexibility index (Phi) is 6.51. The highest BCUT2D eigenvalue weighted by molar-refractivity contribution is 5.88. The van der Waals surface area contributed by atoms with E-state index in [-0.39, 0.29) is 12.6 Å². The summed E-state index contributed by atoms with van der Waals surface area (Å²) in [4.78, 5) is 28.5. The van der Waals surface area contributed by atoms with Crippen LogP contribution in [0, 0.1) is 0 Å². The van der Waals surface area contributed by atoms with Gasteiger partial charge in [-0.2, -0.15) is 0 Å². The Balaban J connectivity index is 1.69. The van der Waals surface area contributed by atoms with E-state index in [1.54, 1.807) is 45.9 Å².